The summed E-state index contributed by atoms with van der Waals surface area (Å²) in [6, 6.07) is 4.52. The summed E-state index contributed by atoms with van der Waals surface area (Å²) < 4.78 is 5.83. The third kappa shape index (κ3) is 5.04. The topological polar surface area (TPSA) is 33.3 Å². The summed E-state index contributed by atoms with van der Waals surface area (Å²) in [6.07, 6.45) is 0. The van der Waals surface area contributed by atoms with Crippen molar-refractivity contribution in [2.45, 2.75) is 55.4 Å². The van der Waals surface area contributed by atoms with Crippen LogP contribution in [0.1, 0.15) is 44.5 Å². The number of anilines is 2. The van der Waals surface area contributed by atoms with Crippen LogP contribution in [-0.2, 0) is 4.74 Å². The Hall–Kier alpha value is -2.00. The lowest BCUT2D eigenvalue weighted by atomic mass is 9.99. The van der Waals surface area contributed by atoms with Gasteiger partial charge in [-0.05, 0) is 99.9 Å². The number of nitrogens with one attached hydrogen (secondary N) is 2. The van der Waals surface area contributed by atoms with Crippen molar-refractivity contribution in [2.75, 3.05) is 36.9 Å². The molecule has 3 heteroatoms. The van der Waals surface area contributed by atoms with Gasteiger partial charge in [0.2, 0.25) is 0 Å². The van der Waals surface area contributed by atoms with Crippen LogP contribution in [0.2, 0.25) is 0 Å². The second kappa shape index (κ2) is 9.27. The quantitative estimate of drug-likeness (QED) is 0.587. The third-order valence-electron chi connectivity index (χ3n) is 5.83. The molecule has 2 aromatic rings. The Labute approximate surface area is 165 Å². The van der Waals surface area contributed by atoms with Crippen molar-refractivity contribution in [1.82, 2.24) is 0 Å². The van der Waals surface area contributed by atoms with E-state index in [1.54, 1.807) is 0 Å². The average molecular weight is 369 g/mol. The fraction of sp³-hybridized carbons (Fsp3) is 0.500. The van der Waals surface area contributed by atoms with Gasteiger partial charge in [0.15, 0.2) is 0 Å². The van der Waals surface area contributed by atoms with Gasteiger partial charge >= 0.3 is 0 Å². The molecule has 0 fully saturated rings. The summed E-state index contributed by atoms with van der Waals surface area (Å²) in [7, 11) is 0. The van der Waals surface area contributed by atoms with E-state index in [9.17, 15) is 0 Å². The van der Waals surface area contributed by atoms with Crippen molar-refractivity contribution in [3.63, 3.8) is 0 Å². The Balaban J connectivity index is 1.78. The molecule has 0 radical (unpaired) electrons. The number of benzene rings is 2. The Morgan fingerprint density at radius 3 is 1.15 bits per heavy atom. The Bertz CT molecular complexity index is 689. The molecular weight excluding hydrogens is 332 g/mol. The molecule has 0 aromatic heterocycles. The highest BCUT2D eigenvalue weighted by molar-refractivity contribution is 5.62. The summed E-state index contributed by atoms with van der Waals surface area (Å²) in [5, 5.41) is 7.12. The van der Waals surface area contributed by atoms with E-state index in [1.165, 1.54) is 55.9 Å². The molecule has 0 aliphatic heterocycles. The largest absolute Gasteiger partial charge is 0.382 e. The molecule has 2 rings (SSSR count). The summed E-state index contributed by atoms with van der Waals surface area (Å²) in [5.74, 6) is 0. The second-order valence-electron chi connectivity index (χ2n) is 7.74. The first-order chi connectivity index (χ1) is 12.7. The van der Waals surface area contributed by atoms with Crippen LogP contribution in [0.15, 0.2) is 12.1 Å². The van der Waals surface area contributed by atoms with Crippen LogP contribution in [0.25, 0.3) is 0 Å². The molecule has 0 heterocycles. The van der Waals surface area contributed by atoms with Gasteiger partial charge in [-0.1, -0.05) is 12.1 Å². The van der Waals surface area contributed by atoms with E-state index >= 15 is 0 Å². The van der Waals surface area contributed by atoms with Gasteiger partial charge in [-0.2, -0.15) is 0 Å². The molecule has 0 spiro atoms. The molecule has 0 amide bonds. The van der Waals surface area contributed by atoms with Crippen molar-refractivity contribution in [1.29, 1.82) is 0 Å². The first-order valence-corrected chi connectivity index (χ1v) is 9.94. The number of rotatable bonds is 8. The lowest BCUT2D eigenvalue weighted by molar-refractivity contribution is 0.154. The number of hydrogen-bond acceptors (Lipinski definition) is 3. The minimum Gasteiger partial charge on any atom is -0.382 e. The summed E-state index contributed by atoms with van der Waals surface area (Å²) in [5.41, 5.74) is 13.2. The highest BCUT2D eigenvalue weighted by Crippen LogP contribution is 2.27. The predicted octanol–water partition coefficient (Wildman–Crippen LogP) is 5.69. The number of aryl methyl sites for hydroxylation is 4. The van der Waals surface area contributed by atoms with Crippen molar-refractivity contribution < 1.29 is 4.74 Å². The molecule has 0 bridgehead atoms. The van der Waals surface area contributed by atoms with E-state index in [0.29, 0.717) is 13.2 Å². The van der Waals surface area contributed by atoms with Crippen LogP contribution in [-0.4, -0.2) is 26.3 Å². The van der Waals surface area contributed by atoms with Crippen molar-refractivity contribution in [3.05, 3.63) is 56.6 Å². The predicted molar refractivity (Wildman–Crippen MR) is 119 cm³/mol. The molecule has 0 atom stereocenters. The van der Waals surface area contributed by atoms with Crippen LogP contribution in [0.4, 0.5) is 11.4 Å². The summed E-state index contributed by atoms with van der Waals surface area (Å²) in [6.45, 7) is 20.5. The zero-order valence-corrected chi connectivity index (χ0v) is 18.4. The van der Waals surface area contributed by atoms with E-state index in [1.807, 2.05) is 0 Å². The Morgan fingerprint density at radius 1 is 0.556 bits per heavy atom. The van der Waals surface area contributed by atoms with Crippen molar-refractivity contribution in [2.24, 2.45) is 0 Å². The van der Waals surface area contributed by atoms with E-state index < -0.39 is 0 Å². The molecule has 0 saturated heterocycles. The first-order valence-electron chi connectivity index (χ1n) is 9.94. The standard InChI is InChI=1S/C24H36N2O/c1-15-13-16(2)20(6)23(19(15)5)25-9-11-27-12-10-26-24-21(7)17(3)14-18(4)22(24)8/h13-14,25-26H,9-12H2,1-8H3. The van der Waals surface area contributed by atoms with Crippen LogP contribution in [0.3, 0.4) is 0 Å². The third-order valence-corrected chi connectivity index (χ3v) is 5.83. The molecule has 3 nitrogen and oxygen atoms in total. The lowest BCUT2D eigenvalue weighted by Gasteiger charge is -2.18. The maximum atomic E-state index is 5.83. The van der Waals surface area contributed by atoms with Crippen LogP contribution >= 0.6 is 0 Å². The maximum Gasteiger partial charge on any atom is 0.0639 e. The highest BCUT2D eigenvalue weighted by atomic mass is 16.5. The van der Waals surface area contributed by atoms with Gasteiger partial charge in [0.1, 0.15) is 0 Å². The minimum absolute atomic E-state index is 0.707. The van der Waals surface area contributed by atoms with Crippen molar-refractivity contribution in [3.8, 4) is 0 Å². The zero-order chi connectivity index (χ0) is 20.1. The molecule has 0 saturated carbocycles. The SMILES string of the molecule is Cc1cc(C)c(C)c(NCCOCCNc2c(C)c(C)cc(C)c2C)c1C. The fourth-order valence-corrected chi connectivity index (χ4v) is 3.56. The van der Waals surface area contributed by atoms with E-state index in [0.717, 1.165) is 13.1 Å². The Morgan fingerprint density at radius 2 is 0.852 bits per heavy atom. The lowest BCUT2D eigenvalue weighted by Crippen LogP contribution is -2.16. The first kappa shape index (κ1) is 21.3. The van der Waals surface area contributed by atoms with Crippen LogP contribution in [0, 0.1) is 55.4 Å². The van der Waals surface area contributed by atoms with Crippen LogP contribution in [0.5, 0.6) is 0 Å². The minimum atomic E-state index is 0.707. The fourth-order valence-electron chi connectivity index (χ4n) is 3.56. The van der Waals surface area contributed by atoms with Crippen molar-refractivity contribution >= 4 is 11.4 Å². The summed E-state index contributed by atoms with van der Waals surface area (Å²) >= 11 is 0. The number of hydrogen-bond donors (Lipinski definition) is 2. The monoisotopic (exact) mass is 368 g/mol. The molecule has 0 aliphatic carbocycles. The molecule has 2 N–H and O–H groups in total. The van der Waals surface area contributed by atoms with Gasteiger partial charge < -0.3 is 15.4 Å². The highest BCUT2D eigenvalue weighted by Gasteiger charge is 2.09. The van der Waals surface area contributed by atoms with Gasteiger partial charge in [0.25, 0.3) is 0 Å². The van der Waals surface area contributed by atoms with E-state index in [2.05, 4.69) is 78.2 Å². The Kier molecular flexibility index (Phi) is 7.32. The smallest absolute Gasteiger partial charge is 0.0639 e. The van der Waals surface area contributed by atoms with Crippen LogP contribution < -0.4 is 10.6 Å². The van der Waals surface area contributed by atoms with Gasteiger partial charge in [-0.25, -0.2) is 0 Å². The van der Waals surface area contributed by atoms with Gasteiger partial charge in [-0.15, -0.1) is 0 Å². The molecule has 0 unspecified atom stereocenters. The molecule has 2 aromatic carbocycles. The number of ether oxygens (including phenoxy) is 1. The average Bonchev–Trinajstić information content (AvgIpc) is 2.62. The second-order valence-corrected chi connectivity index (χ2v) is 7.74. The summed E-state index contributed by atoms with van der Waals surface area (Å²) in [4.78, 5) is 0. The molecule has 148 valence electrons. The molecule has 27 heavy (non-hydrogen) atoms. The van der Waals surface area contributed by atoms with Gasteiger partial charge in [-0.3, -0.25) is 0 Å². The van der Waals surface area contributed by atoms with E-state index in [4.69, 9.17) is 4.74 Å². The van der Waals surface area contributed by atoms with Gasteiger partial charge in [0.05, 0.1) is 13.2 Å². The normalized spacial score (nSPS) is 11.0. The molecular formula is C24H36N2O. The van der Waals surface area contributed by atoms with Gasteiger partial charge in [0, 0.05) is 24.5 Å². The molecule has 0 aliphatic rings. The maximum absolute atomic E-state index is 5.83. The van der Waals surface area contributed by atoms with E-state index in [-0.39, 0.29) is 0 Å². The zero-order valence-electron chi connectivity index (χ0n) is 18.4.